The number of fused-ring (bicyclic) bond motifs is 4. The second kappa shape index (κ2) is 18.0. The number of nitrogens with zero attached hydrogens (tertiary/aromatic N) is 3. The van der Waals surface area contributed by atoms with Crippen LogP contribution in [0.15, 0.2) is 54.7 Å². The van der Waals surface area contributed by atoms with Gasteiger partial charge in [0.05, 0.1) is 54.5 Å². The molecule has 10 atom stereocenters. The van der Waals surface area contributed by atoms with Gasteiger partial charge in [0.2, 0.25) is 33.6 Å². The number of carbonyl (C=O) groups is 4. The molecule has 4 heterocycles. The van der Waals surface area contributed by atoms with Crippen molar-refractivity contribution in [3.63, 3.8) is 0 Å². The van der Waals surface area contributed by atoms with E-state index in [1.165, 1.54) is 6.42 Å². The summed E-state index contributed by atoms with van der Waals surface area (Å²) in [5, 5.41) is 0.867. The number of hydrogen-bond acceptors (Lipinski definition) is 12. The quantitative estimate of drug-likeness (QED) is 0.141. The third kappa shape index (κ3) is 9.90. The Labute approximate surface area is 381 Å². The highest BCUT2D eigenvalue weighted by atomic mass is 32.2. The number of nitrogens with one attached hydrogen (secondary N) is 1. The third-order valence-corrected chi connectivity index (χ3v) is 16.5. The number of esters is 1. The number of Topliss-reactive ketones (excluding diaryl/α,β-unsaturated/α-hetero) is 1. The van der Waals surface area contributed by atoms with Crippen LogP contribution in [0.4, 0.5) is 0 Å². The first-order valence-corrected chi connectivity index (χ1v) is 25.2. The van der Waals surface area contributed by atoms with Crippen LogP contribution in [0.5, 0.6) is 17.5 Å². The summed E-state index contributed by atoms with van der Waals surface area (Å²) in [7, 11) is -2.29. The van der Waals surface area contributed by atoms with Crippen molar-refractivity contribution in [2.45, 2.75) is 134 Å². The number of allylic oxidation sites excluding steroid dienone is 2. The fraction of sp³-hybridized carbons (Fsp3) is 0.600. The highest BCUT2D eigenvalue weighted by Crippen LogP contribution is 2.57. The molecule has 4 aliphatic carbocycles. The third-order valence-electron chi connectivity index (χ3n) is 14.7. The van der Waals surface area contributed by atoms with Crippen molar-refractivity contribution < 1.29 is 46.5 Å². The second-order valence-electron chi connectivity index (χ2n) is 20.2. The monoisotopic (exact) mass is 910 g/mol. The van der Waals surface area contributed by atoms with Gasteiger partial charge in [0, 0.05) is 36.1 Å². The molecule has 2 unspecified atom stereocenters. The molecule has 15 heteroatoms. The summed E-state index contributed by atoms with van der Waals surface area (Å²) in [6.07, 6.45) is 10.9. The lowest BCUT2D eigenvalue weighted by Crippen LogP contribution is -2.47. The number of hydrogen-bond donors (Lipinski definition) is 1. The van der Waals surface area contributed by atoms with Crippen molar-refractivity contribution in [1.82, 2.24) is 19.6 Å². The summed E-state index contributed by atoms with van der Waals surface area (Å²) >= 11 is 0. The van der Waals surface area contributed by atoms with Gasteiger partial charge in [0.15, 0.2) is 5.78 Å². The van der Waals surface area contributed by atoms with Gasteiger partial charge in [0.25, 0.3) is 0 Å². The Hall–Kier alpha value is -5.05. The molecule has 6 aliphatic rings. The average Bonchev–Trinajstić information content (AvgIpc) is 4.23. The maximum absolute atomic E-state index is 15.2. The van der Waals surface area contributed by atoms with Crippen LogP contribution in [0.2, 0.25) is 0 Å². The molecule has 1 aromatic carbocycles. The van der Waals surface area contributed by atoms with E-state index in [1.807, 2.05) is 63.3 Å². The topological polar surface area (TPSA) is 180 Å². The van der Waals surface area contributed by atoms with Crippen LogP contribution in [-0.4, -0.2) is 90.1 Å². The van der Waals surface area contributed by atoms with Crippen LogP contribution < -0.4 is 18.9 Å². The smallest absolute Gasteiger partial charge is 0.306 e. The number of pyridine rings is 2. The van der Waals surface area contributed by atoms with Crippen molar-refractivity contribution in [2.24, 2.45) is 40.9 Å². The molecule has 14 nitrogen and oxygen atoms in total. The molecule has 0 radical (unpaired) electrons. The molecule has 2 amide bonds. The maximum atomic E-state index is 15.2. The zero-order valence-electron chi connectivity index (χ0n) is 38.1. The lowest BCUT2D eigenvalue weighted by molar-refractivity contribution is -0.155. The fourth-order valence-electron chi connectivity index (χ4n) is 10.7. The van der Waals surface area contributed by atoms with Gasteiger partial charge in [-0.1, -0.05) is 26.0 Å². The Kier molecular flexibility index (Phi) is 12.5. The van der Waals surface area contributed by atoms with Gasteiger partial charge in [-0.05, 0) is 137 Å². The number of rotatable bonds is 12. The van der Waals surface area contributed by atoms with Gasteiger partial charge >= 0.3 is 5.97 Å². The van der Waals surface area contributed by atoms with Crippen LogP contribution in [0.3, 0.4) is 0 Å². The van der Waals surface area contributed by atoms with E-state index in [-0.39, 0.29) is 67.5 Å². The molecule has 4 saturated carbocycles. The number of ketones is 1. The summed E-state index contributed by atoms with van der Waals surface area (Å²) in [6.45, 7) is 8.03. The van der Waals surface area contributed by atoms with Crippen molar-refractivity contribution in [2.75, 3.05) is 13.7 Å². The molecule has 65 heavy (non-hydrogen) atoms. The molecule has 0 bridgehead atoms. The zero-order valence-corrected chi connectivity index (χ0v) is 38.9. The average molecular weight is 911 g/mol. The minimum atomic E-state index is -3.88. The van der Waals surface area contributed by atoms with E-state index in [9.17, 15) is 22.8 Å². The van der Waals surface area contributed by atoms with Crippen molar-refractivity contribution >= 4 is 44.4 Å². The van der Waals surface area contributed by atoms with E-state index >= 15 is 4.79 Å². The minimum absolute atomic E-state index is 0.0278. The molecule has 1 saturated heterocycles. The Morgan fingerprint density at radius 1 is 0.969 bits per heavy atom. The van der Waals surface area contributed by atoms with Crippen LogP contribution in [0.1, 0.15) is 105 Å². The van der Waals surface area contributed by atoms with Crippen molar-refractivity contribution in [3.8, 4) is 28.8 Å². The number of carbonyl (C=O) groups excluding carboxylic acids is 4. The molecular weight excluding hydrogens is 849 g/mol. The molecule has 2 aliphatic heterocycles. The first-order chi connectivity index (χ1) is 31.1. The molecule has 2 aromatic heterocycles. The first kappa shape index (κ1) is 45.1. The van der Waals surface area contributed by atoms with Crippen LogP contribution in [0, 0.1) is 40.9 Å². The fourth-order valence-corrected chi connectivity index (χ4v) is 12.1. The second-order valence-corrected chi connectivity index (χ2v) is 22.2. The van der Waals surface area contributed by atoms with Gasteiger partial charge in [0.1, 0.15) is 18.0 Å². The highest BCUT2D eigenvalue weighted by molar-refractivity contribution is 7.90. The Morgan fingerprint density at radius 2 is 1.75 bits per heavy atom. The van der Waals surface area contributed by atoms with Gasteiger partial charge in [-0.25, -0.2) is 18.4 Å². The predicted octanol–water partition coefficient (Wildman–Crippen LogP) is 7.38. The summed E-state index contributed by atoms with van der Waals surface area (Å²) in [6, 6.07) is 10.1. The Morgan fingerprint density at radius 3 is 2.46 bits per heavy atom. The number of amides is 2. The molecule has 348 valence electrons. The molecule has 0 spiro atoms. The largest absolute Gasteiger partial charge is 0.497 e. The summed E-state index contributed by atoms with van der Waals surface area (Å²) in [4.78, 5) is 69.0. The number of methoxy groups -OCH3 is 1. The lowest BCUT2D eigenvalue weighted by Gasteiger charge is -2.32. The van der Waals surface area contributed by atoms with Gasteiger partial charge in [-0.3, -0.25) is 23.9 Å². The SMILES string of the molecule is COc1ccc2c(OC3C[C@H]4C(=O)C[C@]5(C(=O)NS(=O)(=O)C6CC6)C[C@H]5/C=C\CC[C@@H](C)C[C@@H](C)[C@H](CC(=O)OC5C[C@@H]6C[C@@H]6C5)C(=O)N4C3)nc(-c3ccc(OC(C)C)nc3)cc2c1. The van der Waals surface area contributed by atoms with Gasteiger partial charge < -0.3 is 23.8 Å². The van der Waals surface area contributed by atoms with E-state index < -0.39 is 50.6 Å². The summed E-state index contributed by atoms with van der Waals surface area (Å²) < 4.78 is 52.7. The zero-order chi connectivity index (χ0) is 45.8. The van der Waals surface area contributed by atoms with E-state index in [0.717, 1.165) is 31.1 Å². The number of ether oxygens (including phenoxy) is 4. The molecular formula is C50H62N4O10S. The Balaban J connectivity index is 1.05. The van der Waals surface area contributed by atoms with E-state index in [4.69, 9.17) is 23.9 Å². The lowest BCUT2D eigenvalue weighted by atomic mass is 9.82. The summed E-state index contributed by atoms with van der Waals surface area (Å²) in [5.41, 5.74) is 0.0166. The molecule has 5 fully saturated rings. The molecule has 1 N–H and O–H groups in total. The van der Waals surface area contributed by atoms with Crippen LogP contribution in [0.25, 0.3) is 22.0 Å². The van der Waals surface area contributed by atoms with Crippen molar-refractivity contribution in [3.05, 3.63) is 54.7 Å². The van der Waals surface area contributed by atoms with E-state index in [0.29, 0.717) is 71.7 Å². The summed E-state index contributed by atoms with van der Waals surface area (Å²) in [5.74, 6) is -0.225. The van der Waals surface area contributed by atoms with Crippen molar-refractivity contribution in [1.29, 1.82) is 0 Å². The van der Waals surface area contributed by atoms with E-state index in [1.54, 1.807) is 24.3 Å². The Bertz CT molecular complexity index is 2460. The van der Waals surface area contributed by atoms with E-state index in [2.05, 4.69) is 16.6 Å². The van der Waals surface area contributed by atoms with Gasteiger partial charge in [-0.15, -0.1) is 0 Å². The highest BCUT2D eigenvalue weighted by Gasteiger charge is 2.62. The standard InChI is InChI=1S/C50H62N4O10S/c1-28(2)62-45-15-10-31(26-51-45)42-21-34-20-36(61-5)11-14-40(34)47(52-42)64-38-22-43-44(55)25-50(49(58)53-65(59,60)39-12-13-39)24-35(50)9-7-6-8-29(3)16-30(4)41(48(57)54(43)27-38)23-46(56)63-37-18-32-17-33(32)19-37/h7,9-11,14-15,20-21,26,28-30,32-33,35,37-39,41,43H,6,8,12-13,16-19,22-25,27H2,1-5H3,(H,53,58)/b9-7-/t29-,30-,32-,33+,35-,37?,38?,41+,43+,50-/m1/s1. The van der Waals surface area contributed by atoms with Crippen LogP contribution >= 0.6 is 0 Å². The minimum Gasteiger partial charge on any atom is -0.497 e. The predicted molar refractivity (Wildman–Crippen MR) is 242 cm³/mol. The normalized spacial score (nSPS) is 31.8. The molecule has 3 aromatic rings. The number of sulfonamides is 1. The number of aromatic nitrogens is 2. The number of benzene rings is 1. The molecule has 9 rings (SSSR count). The van der Waals surface area contributed by atoms with Crippen LogP contribution in [-0.2, 0) is 33.9 Å². The maximum Gasteiger partial charge on any atom is 0.306 e. The van der Waals surface area contributed by atoms with Gasteiger partial charge in [-0.2, -0.15) is 0 Å². The first-order valence-electron chi connectivity index (χ1n) is 23.6.